The van der Waals surface area contributed by atoms with Crippen LogP contribution in [0.2, 0.25) is 0 Å². The van der Waals surface area contributed by atoms with Crippen LogP contribution in [0.25, 0.3) is 11.0 Å². The molecule has 0 fully saturated rings. The quantitative estimate of drug-likeness (QED) is 0.798. The van der Waals surface area contributed by atoms with E-state index < -0.39 is 29.3 Å². The van der Waals surface area contributed by atoms with E-state index in [-0.39, 0.29) is 6.54 Å². The van der Waals surface area contributed by atoms with Crippen LogP contribution in [0, 0.1) is 0 Å². The maximum Gasteiger partial charge on any atom is 0.337 e. The molecule has 0 spiro atoms. The lowest BCUT2D eigenvalue weighted by atomic mass is 10.2. The lowest BCUT2D eigenvalue weighted by molar-refractivity contribution is -0.156. The van der Waals surface area contributed by atoms with E-state index in [1.165, 1.54) is 17.7 Å². The van der Waals surface area contributed by atoms with Gasteiger partial charge in [-0.25, -0.2) is 9.59 Å². The van der Waals surface area contributed by atoms with E-state index in [9.17, 15) is 14.4 Å². The molecule has 2 aromatic rings. The topological polar surface area (TPSA) is 116 Å². The van der Waals surface area contributed by atoms with E-state index >= 15 is 0 Å². The molecule has 1 aromatic heterocycles. The van der Waals surface area contributed by atoms with Crippen molar-refractivity contribution in [1.82, 2.24) is 9.55 Å². The number of carbonyl (C=O) groups excluding carboxylic acids is 2. The molecule has 0 radical (unpaired) electrons. The highest BCUT2D eigenvalue weighted by atomic mass is 16.6. The normalized spacial score (nSPS) is 12.9. The second kappa shape index (κ2) is 6.48. The summed E-state index contributed by atoms with van der Waals surface area (Å²) in [5.41, 5.74) is 6.05. The number of esters is 2. The highest BCUT2D eigenvalue weighted by molar-refractivity contribution is 5.93. The summed E-state index contributed by atoms with van der Waals surface area (Å²) in [7, 11) is 1.27. The van der Waals surface area contributed by atoms with Gasteiger partial charge in [0.2, 0.25) is 0 Å². The molecule has 24 heavy (non-hydrogen) atoms. The predicted molar refractivity (Wildman–Crippen MR) is 87.7 cm³/mol. The Morgan fingerprint density at radius 1 is 1.33 bits per heavy atom. The van der Waals surface area contributed by atoms with Crippen molar-refractivity contribution in [2.24, 2.45) is 5.73 Å². The summed E-state index contributed by atoms with van der Waals surface area (Å²) < 4.78 is 11.2. The van der Waals surface area contributed by atoms with Crippen molar-refractivity contribution in [1.29, 1.82) is 0 Å². The van der Waals surface area contributed by atoms with Crippen molar-refractivity contribution >= 4 is 23.0 Å². The summed E-state index contributed by atoms with van der Waals surface area (Å²) in [6.45, 7) is 5.13. The molecule has 2 rings (SSSR count). The number of hydrogen-bond donors (Lipinski definition) is 2. The number of fused-ring (bicyclic) bond motifs is 1. The van der Waals surface area contributed by atoms with E-state index in [0.29, 0.717) is 16.6 Å². The first-order valence-corrected chi connectivity index (χ1v) is 7.41. The van der Waals surface area contributed by atoms with Crippen LogP contribution < -0.4 is 11.4 Å². The second-order valence-corrected chi connectivity index (χ2v) is 6.40. The number of methoxy groups -OCH3 is 1. The number of nitrogens with zero attached hydrogens (tertiary/aromatic N) is 1. The number of nitrogens with two attached hydrogens (primary N) is 1. The fourth-order valence-electron chi connectivity index (χ4n) is 2.23. The number of hydrogen-bond acceptors (Lipinski definition) is 6. The molecule has 8 nitrogen and oxygen atoms in total. The molecule has 0 aliphatic rings. The minimum Gasteiger partial charge on any atom is -0.465 e. The fourth-order valence-corrected chi connectivity index (χ4v) is 2.23. The number of aromatic amines is 1. The van der Waals surface area contributed by atoms with E-state index in [1.54, 1.807) is 32.9 Å². The van der Waals surface area contributed by atoms with Crippen LogP contribution in [0.1, 0.15) is 31.1 Å². The van der Waals surface area contributed by atoms with Crippen molar-refractivity contribution in [3.63, 3.8) is 0 Å². The van der Waals surface area contributed by atoms with Gasteiger partial charge < -0.3 is 20.2 Å². The van der Waals surface area contributed by atoms with Crippen molar-refractivity contribution in [2.45, 2.75) is 39.0 Å². The summed E-state index contributed by atoms with van der Waals surface area (Å²) in [6, 6.07) is 3.64. The molecule has 1 aromatic carbocycles. The Balaban J connectivity index is 2.34. The van der Waals surface area contributed by atoms with Gasteiger partial charge in [-0.15, -0.1) is 0 Å². The summed E-state index contributed by atoms with van der Waals surface area (Å²) >= 11 is 0. The highest BCUT2D eigenvalue weighted by Gasteiger charge is 2.24. The molecule has 0 saturated carbocycles. The molecule has 8 heteroatoms. The first-order valence-electron chi connectivity index (χ1n) is 7.41. The number of carbonyl (C=O) groups is 2. The molecule has 1 atom stereocenters. The average Bonchev–Trinajstić information content (AvgIpc) is 2.80. The van der Waals surface area contributed by atoms with Gasteiger partial charge in [0.25, 0.3) is 0 Å². The Labute approximate surface area is 138 Å². The standard InChI is InChI=1S/C16H21N3O5/c1-16(2,3)24-14(21)10(17)8-19-12-7-9(13(20)23-4)5-6-11(12)18-15(19)22/h5-7,10H,8,17H2,1-4H3,(H,18,22). The zero-order valence-electron chi connectivity index (χ0n) is 14.1. The van der Waals surface area contributed by atoms with Gasteiger partial charge in [0.1, 0.15) is 11.6 Å². The van der Waals surface area contributed by atoms with Crippen molar-refractivity contribution in [3.05, 3.63) is 34.2 Å². The molecule has 0 saturated heterocycles. The number of benzene rings is 1. The summed E-state index contributed by atoms with van der Waals surface area (Å²) in [4.78, 5) is 38.4. The van der Waals surface area contributed by atoms with Gasteiger partial charge in [0.15, 0.2) is 0 Å². The third-order valence-corrected chi connectivity index (χ3v) is 3.29. The average molecular weight is 335 g/mol. The molecular weight excluding hydrogens is 314 g/mol. The Kier molecular flexibility index (Phi) is 4.79. The van der Waals surface area contributed by atoms with Crippen LogP contribution in [0.4, 0.5) is 0 Å². The lowest BCUT2D eigenvalue weighted by Crippen LogP contribution is -2.41. The Morgan fingerprint density at radius 2 is 2.00 bits per heavy atom. The fraction of sp³-hybridized carbons (Fsp3) is 0.438. The van der Waals surface area contributed by atoms with Gasteiger partial charge in [-0.1, -0.05) is 0 Å². The van der Waals surface area contributed by atoms with E-state index in [4.69, 9.17) is 10.5 Å². The summed E-state index contributed by atoms with van der Waals surface area (Å²) in [5.74, 6) is -1.12. The van der Waals surface area contributed by atoms with Gasteiger partial charge in [0.05, 0.1) is 30.3 Å². The number of H-pyrrole nitrogens is 1. The highest BCUT2D eigenvalue weighted by Crippen LogP contribution is 2.15. The third-order valence-electron chi connectivity index (χ3n) is 3.29. The second-order valence-electron chi connectivity index (χ2n) is 6.40. The first-order chi connectivity index (χ1) is 11.1. The predicted octanol–water partition coefficient (Wildman–Crippen LogP) is 0.785. The SMILES string of the molecule is COC(=O)c1ccc2[nH]c(=O)n(CC(N)C(=O)OC(C)(C)C)c2c1. The number of nitrogens with one attached hydrogen (secondary N) is 1. The van der Waals surface area contributed by atoms with Crippen LogP contribution in [0.15, 0.2) is 23.0 Å². The number of rotatable bonds is 4. The molecule has 0 aliphatic carbocycles. The first kappa shape index (κ1) is 17.7. The van der Waals surface area contributed by atoms with Crippen LogP contribution in [0.3, 0.4) is 0 Å². The molecular formula is C16H21N3O5. The maximum atomic E-state index is 12.1. The molecule has 0 aliphatic heterocycles. The molecule has 1 unspecified atom stereocenters. The van der Waals surface area contributed by atoms with E-state index in [1.807, 2.05) is 0 Å². The Bertz CT molecular complexity index is 828. The van der Waals surface area contributed by atoms with E-state index in [0.717, 1.165) is 0 Å². The van der Waals surface area contributed by atoms with Crippen LogP contribution in [0.5, 0.6) is 0 Å². The molecule has 1 heterocycles. The van der Waals surface area contributed by atoms with Crippen LogP contribution >= 0.6 is 0 Å². The van der Waals surface area contributed by atoms with Crippen molar-refractivity contribution < 1.29 is 19.1 Å². The van der Waals surface area contributed by atoms with E-state index in [2.05, 4.69) is 9.72 Å². The van der Waals surface area contributed by atoms with Gasteiger partial charge in [0, 0.05) is 0 Å². The van der Waals surface area contributed by atoms with Crippen molar-refractivity contribution in [2.75, 3.05) is 7.11 Å². The monoisotopic (exact) mass is 335 g/mol. The van der Waals surface area contributed by atoms with Gasteiger partial charge in [-0.2, -0.15) is 0 Å². The third kappa shape index (κ3) is 3.83. The number of ether oxygens (including phenoxy) is 2. The van der Waals surface area contributed by atoms with Gasteiger partial charge in [-0.3, -0.25) is 9.36 Å². The van der Waals surface area contributed by atoms with Crippen molar-refractivity contribution in [3.8, 4) is 0 Å². The molecule has 0 bridgehead atoms. The summed E-state index contributed by atoms with van der Waals surface area (Å²) in [5, 5.41) is 0. The zero-order valence-corrected chi connectivity index (χ0v) is 14.1. The molecule has 3 N–H and O–H groups in total. The minimum atomic E-state index is -1.01. The Hall–Kier alpha value is -2.61. The number of aromatic nitrogens is 2. The minimum absolute atomic E-state index is 0.0711. The van der Waals surface area contributed by atoms with Gasteiger partial charge >= 0.3 is 17.6 Å². The van der Waals surface area contributed by atoms with Gasteiger partial charge in [-0.05, 0) is 39.0 Å². The largest absolute Gasteiger partial charge is 0.465 e. The van der Waals surface area contributed by atoms with Crippen LogP contribution in [-0.4, -0.2) is 40.2 Å². The Morgan fingerprint density at radius 3 is 2.58 bits per heavy atom. The number of imidazole rings is 1. The lowest BCUT2D eigenvalue weighted by Gasteiger charge is -2.22. The van der Waals surface area contributed by atoms with Crippen LogP contribution in [-0.2, 0) is 20.8 Å². The zero-order chi connectivity index (χ0) is 18.1. The summed E-state index contributed by atoms with van der Waals surface area (Å²) in [6.07, 6.45) is 0. The molecule has 0 amide bonds. The maximum absolute atomic E-state index is 12.1. The molecule has 130 valence electrons. The smallest absolute Gasteiger partial charge is 0.337 e.